The van der Waals surface area contributed by atoms with Crippen LogP contribution in [0.25, 0.3) is 0 Å². The van der Waals surface area contributed by atoms with Gasteiger partial charge in [0.15, 0.2) is 0 Å². The van der Waals surface area contributed by atoms with Gasteiger partial charge >= 0.3 is 0 Å². The molecule has 0 saturated heterocycles. The Bertz CT molecular complexity index is 533. The lowest BCUT2D eigenvalue weighted by Crippen LogP contribution is -2.24. The molecule has 3 nitrogen and oxygen atoms in total. The van der Waals surface area contributed by atoms with Crippen molar-refractivity contribution in [2.24, 2.45) is 0 Å². The molecule has 5 heteroatoms. The highest BCUT2D eigenvalue weighted by Gasteiger charge is 2.22. The monoisotopic (exact) mass is 297 g/mol. The van der Waals surface area contributed by atoms with E-state index in [2.05, 4.69) is 43.3 Å². The van der Waals surface area contributed by atoms with Crippen molar-refractivity contribution in [1.82, 2.24) is 15.1 Å². The maximum atomic E-state index is 6.35. The number of rotatable bonds is 6. The fraction of sp³-hybridized carbons (Fsp3) is 0.500. The molecule has 0 aliphatic heterocycles. The lowest BCUT2D eigenvalue weighted by Gasteiger charge is -2.19. The van der Waals surface area contributed by atoms with E-state index in [-0.39, 0.29) is 6.04 Å². The van der Waals surface area contributed by atoms with Gasteiger partial charge in [-0.25, -0.2) is 0 Å². The molecule has 2 rings (SSSR count). The third-order valence-corrected chi connectivity index (χ3v) is 4.35. The van der Waals surface area contributed by atoms with Gasteiger partial charge in [-0.15, -0.1) is 11.3 Å². The van der Waals surface area contributed by atoms with Crippen LogP contribution < -0.4 is 5.32 Å². The van der Waals surface area contributed by atoms with E-state index in [4.69, 9.17) is 11.6 Å². The molecule has 0 aliphatic rings. The van der Waals surface area contributed by atoms with E-state index in [0.717, 1.165) is 30.2 Å². The van der Waals surface area contributed by atoms with Crippen molar-refractivity contribution < 1.29 is 0 Å². The van der Waals surface area contributed by atoms with Gasteiger partial charge < -0.3 is 5.32 Å². The number of aromatic nitrogens is 2. The van der Waals surface area contributed by atoms with E-state index in [9.17, 15) is 0 Å². The van der Waals surface area contributed by atoms with Crippen molar-refractivity contribution in [3.05, 3.63) is 38.8 Å². The minimum atomic E-state index is 0.130. The highest BCUT2D eigenvalue weighted by atomic mass is 35.5. The van der Waals surface area contributed by atoms with Crippen LogP contribution in [-0.4, -0.2) is 16.3 Å². The number of thiophene rings is 1. The zero-order valence-electron chi connectivity index (χ0n) is 11.6. The molecule has 2 aromatic heterocycles. The lowest BCUT2D eigenvalue weighted by atomic mass is 10.1. The molecule has 0 bridgehead atoms. The van der Waals surface area contributed by atoms with Crippen LogP contribution in [-0.2, 0) is 6.54 Å². The predicted molar refractivity (Wildman–Crippen MR) is 82.1 cm³/mol. The van der Waals surface area contributed by atoms with Crippen LogP contribution in [0.1, 0.15) is 41.8 Å². The van der Waals surface area contributed by atoms with E-state index in [1.807, 2.05) is 16.0 Å². The Morgan fingerprint density at radius 3 is 2.79 bits per heavy atom. The Kier molecular flexibility index (Phi) is 5.02. The normalized spacial score (nSPS) is 12.8. The van der Waals surface area contributed by atoms with Crippen LogP contribution in [0.15, 0.2) is 18.3 Å². The first-order valence-electron chi connectivity index (χ1n) is 6.68. The van der Waals surface area contributed by atoms with Gasteiger partial charge in [-0.05, 0) is 32.0 Å². The molecule has 0 fully saturated rings. The van der Waals surface area contributed by atoms with Gasteiger partial charge in [-0.2, -0.15) is 5.10 Å². The molecule has 0 amide bonds. The van der Waals surface area contributed by atoms with E-state index in [1.165, 1.54) is 9.75 Å². The van der Waals surface area contributed by atoms with Gasteiger partial charge in [0.1, 0.15) is 0 Å². The molecule has 2 aromatic rings. The van der Waals surface area contributed by atoms with Crippen LogP contribution >= 0.6 is 22.9 Å². The van der Waals surface area contributed by atoms with Gasteiger partial charge in [0.25, 0.3) is 0 Å². The van der Waals surface area contributed by atoms with Gasteiger partial charge in [0.2, 0.25) is 0 Å². The van der Waals surface area contributed by atoms with Gasteiger partial charge in [0, 0.05) is 16.3 Å². The Morgan fingerprint density at radius 2 is 2.21 bits per heavy atom. The second-order valence-corrected chi connectivity index (χ2v) is 6.27. The van der Waals surface area contributed by atoms with Crippen LogP contribution in [0.2, 0.25) is 5.02 Å². The topological polar surface area (TPSA) is 29.9 Å². The second-order valence-electron chi connectivity index (χ2n) is 4.54. The molecule has 2 heterocycles. The van der Waals surface area contributed by atoms with Crippen LogP contribution in [0.5, 0.6) is 0 Å². The summed E-state index contributed by atoms with van der Waals surface area (Å²) in [6.45, 7) is 8.19. The molecule has 104 valence electrons. The first-order valence-corrected chi connectivity index (χ1v) is 7.87. The number of nitrogens with one attached hydrogen (secondary N) is 1. The van der Waals surface area contributed by atoms with Crippen LogP contribution in [0.3, 0.4) is 0 Å². The summed E-state index contributed by atoms with van der Waals surface area (Å²) in [5, 5.41) is 8.65. The summed E-state index contributed by atoms with van der Waals surface area (Å²) in [6.07, 6.45) is 2.80. The van der Waals surface area contributed by atoms with Crippen LogP contribution in [0, 0.1) is 6.92 Å². The molecule has 0 spiro atoms. The Hall–Kier alpha value is -0.840. The average molecular weight is 298 g/mol. The van der Waals surface area contributed by atoms with Gasteiger partial charge in [-0.1, -0.05) is 25.4 Å². The molecule has 0 aromatic carbocycles. The SMILES string of the molecule is CCCn1ncc(Cl)c1C(NCC)c1ccc(C)s1. The number of hydrogen-bond donors (Lipinski definition) is 1. The maximum absolute atomic E-state index is 6.35. The molecule has 0 aliphatic carbocycles. The molecular weight excluding hydrogens is 278 g/mol. The first-order chi connectivity index (χ1) is 9.17. The fourth-order valence-electron chi connectivity index (χ4n) is 2.19. The summed E-state index contributed by atoms with van der Waals surface area (Å²) >= 11 is 8.16. The first kappa shape index (κ1) is 14.6. The maximum Gasteiger partial charge on any atom is 0.0857 e. The summed E-state index contributed by atoms with van der Waals surface area (Å²) in [6, 6.07) is 4.45. The zero-order chi connectivity index (χ0) is 13.8. The third kappa shape index (κ3) is 3.19. The van der Waals surface area contributed by atoms with Crippen molar-refractivity contribution in [1.29, 1.82) is 0 Å². The fourth-order valence-corrected chi connectivity index (χ4v) is 3.40. The summed E-state index contributed by atoms with van der Waals surface area (Å²) < 4.78 is 2.02. The smallest absolute Gasteiger partial charge is 0.0857 e. The summed E-state index contributed by atoms with van der Waals surface area (Å²) in [5.74, 6) is 0. The number of aryl methyl sites for hydroxylation is 2. The van der Waals surface area contributed by atoms with Crippen molar-refractivity contribution in [3.8, 4) is 0 Å². The molecule has 0 saturated carbocycles. The van der Waals surface area contributed by atoms with E-state index in [1.54, 1.807) is 6.20 Å². The summed E-state index contributed by atoms with van der Waals surface area (Å²) in [4.78, 5) is 2.61. The van der Waals surface area contributed by atoms with E-state index >= 15 is 0 Å². The van der Waals surface area contributed by atoms with E-state index in [0.29, 0.717) is 0 Å². The van der Waals surface area contributed by atoms with Crippen molar-refractivity contribution in [2.45, 2.75) is 39.8 Å². The quantitative estimate of drug-likeness (QED) is 0.873. The molecular formula is C14H20ClN3S. The Labute approximate surface area is 123 Å². The zero-order valence-corrected chi connectivity index (χ0v) is 13.2. The largest absolute Gasteiger partial charge is 0.305 e. The Balaban J connectivity index is 2.41. The van der Waals surface area contributed by atoms with Gasteiger partial charge in [-0.3, -0.25) is 4.68 Å². The summed E-state index contributed by atoms with van der Waals surface area (Å²) in [7, 11) is 0. The average Bonchev–Trinajstić information content (AvgIpc) is 2.95. The van der Waals surface area contributed by atoms with E-state index < -0.39 is 0 Å². The minimum Gasteiger partial charge on any atom is -0.305 e. The molecule has 1 N–H and O–H groups in total. The third-order valence-electron chi connectivity index (χ3n) is 3.00. The highest BCUT2D eigenvalue weighted by molar-refractivity contribution is 7.12. The standard InChI is InChI=1S/C14H20ClN3S/c1-4-8-18-14(11(15)9-17-18)13(16-5-2)12-7-6-10(3)19-12/h6-7,9,13,16H,4-5,8H2,1-3H3. The highest BCUT2D eigenvalue weighted by Crippen LogP contribution is 2.32. The van der Waals surface area contributed by atoms with Crippen LogP contribution in [0.4, 0.5) is 0 Å². The Morgan fingerprint density at radius 1 is 1.42 bits per heavy atom. The molecule has 19 heavy (non-hydrogen) atoms. The number of nitrogens with zero attached hydrogens (tertiary/aromatic N) is 2. The van der Waals surface area contributed by atoms with Crippen molar-refractivity contribution >= 4 is 22.9 Å². The van der Waals surface area contributed by atoms with Gasteiger partial charge in [0.05, 0.1) is 23.0 Å². The second kappa shape index (κ2) is 6.55. The number of hydrogen-bond acceptors (Lipinski definition) is 3. The number of halogens is 1. The lowest BCUT2D eigenvalue weighted by molar-refractivity contribution is 0.524. The molecule has 0 radical (unpaired) electrons. The van der Waals surface area contributed by atoms with Crippen molar-refractivity contribution in [3.63, 3.8) is 0 Å². The molecule has 1 atom stereocenters. The predicted octanol–water partition coefficient (Wildman–Crippen LogP) is 4.02. The summed E-state index contributed by atoms with van der Waals surface area (Å²) in [5.41, 5.74) is 1.08. The molecule has 1 unspecified atom stereocenters. The van der Waals surface area contributed by atoms with Crippen molar-refractivity contribution in [2.75, 3.05) is 6.54 Å². The minimum absolute atomic E-state index is 0.130.